The zero-order valence-electron chi connectivity index (χ0n) is 10.0. The Kier molecular flexibility index (Phi) is 4.37. The molecule has 2 nitrogen and oxygen atoms in total. The Morgan fingerprint density at radius 1 is 1.19 bits per heavy atom. The highest BCUT2D eigenvalue weighted by molar-refractivity contribution is 5.25. The van der Waals surface area contributed by atoms with Crippen LogP contribution in [0.3, 0.4) is 0 Å². The Balaban J connectivity index is 1.95. The van der Waals surface area contributed by atoms with E-state index in [1.54, 1.807) is 0 Å². The highest BCUT2D eigenvalue weighted by atomic mass is 16.5. The highest BCUT2D eigenvalue weighted by Crippen LogP contribution is 2.26. The molecule has 0 atom stereocenters. The number of hydrogen-bond acceptors (Lipinski definition) is 2. The van der Waals surface area contributed by atoms with E-state index in [0.29, 0.717) is 5.92 Å². The normalized spacial score (nSPS) is 17.6. The van der Waals surface area contributed by atoms with Gasteiger partial charge in [-0.05, 0) is 49.9 Å². The smallest absolute Gasteiger partial charge is 0.0471 e. The van der Waals surface area contributed by atoms with Gasteiger partial charge in [0.05, 0.1) is 0 Å². The van der Waals surface area contributed by atoms with Crippen molar-refractivity contribution in [2.24, 2.45) is 0 Å². The molecule has 0 spiro atoms. The van der Waals surface area contributed by atoms with Crippen molar-refractivity contribution in [3.05, 3.63) is 35.4 Å². The molecular formula is C14H21NO. The van der Waals surface area contributed by atoms with Crippen LogP contribution >= 0.6 is 0 Å². The van der Waals surface area contributed by atoms with Crippen molar-refractivity contribution in [3.8, 4) is 0 Å². The first-order chi connectivity index (χ1) is 7.90. The summed E-state index contributed by atoms with van der Waals surface area (Å²) in [4.78, 5) is 0. The summed E-state index contributed by atoms with van der Waals surface area (Å²) in [5.41, 5.74) is 2.90. The number of ether oxygens (including phenoxy) is 1. The zero-order valence-corrected chi connectivity index (χ0v) is 10.0. The Hall–Kier alpha value is -0.860. The van der Waals surface area contributed by atoms with Crippen LogP contribution in [0.5, 0.6) is 0 Å². The Morgan fingerprint density at radius 3 is 2.50 bits per heavy atom. The SMILES string of the molecule is CNCCc1ccc(C2CCOCC2)cc1. The van der Waals surface area contributed by atoms with Crippen molar-refractivity contribution < 1.29 is 4.74 Å². The van der Waals surface area contributed by atoms with Gasteiger partial charge in [0.2, 0.25) is 0 Å². The van der Waals surface area contributed by atoms with E-state index in [9.17, 15) is 0 Å². The van der Waals surface area contributed by atoms with Crippen molar-refractivity contribution in [1.29, 1.82) is 0 Å². The van der Waals surface area contributed by atoms with Gasteiger partial charge in [0, 0.05) is 13.2 Å². The molecule has 1 N–H and O–H groups in total. The molecular weight excluding hydrogens is 198 g/mol. The average molecular weight is 219 g/mol. The van der Waals surface area contributed by atoms with E-state index >= 15 is 0 Å². The second-order valence-electron chi connectivity index (χ2n) is 4.48. The van der Waals surface area contributed by atoms with Gasteiger partial charge < -0.3 is 10.1 Å². The summed E-state index contributed by atoms with van der Waals surface area (Å²) in [5.74, 6) is 0.715. The van der Waals surface area contributed by atoms with Gasteiger partial charge in [-0.1, -0.05) is 24.3 Å². The molecule has 1 heterocycles. The van der Waals surface area contributed by atoms with Crippen molar-refractivity contribution in [2.45, 2.75) is 25.2 Å². The van der Waals surface area contributed by atoms with Crippen LogP contribution < -0.4 is 5.32 Å². The molecule has 1 aromatic carbocycles. The predicted octanol–water partition coefficient (Wildman–Crippen LogP) is 2.34. The van der Waals surface area contributed by atoms with Crippen LogP contribution in [0.15, 0.2) is 24.3 Å². The fourth-order valence-electron chi connectivity index (χ4n) is 2.26. The van der Waals surface area contributed by atoms with Crippen molar-refractivity contribution in [1.82, 2.24) is 5.32 Å². The monoisotopic (exact) mass is 219 g/mol. The molecule has 1 fully saturated rings. The first-order valence-electron chi connectivity index (χ1n) is 6.21. The molecule has 1 saturated heterocycles. The van der Waals surface area contributed by atoms with Gasteiger partial charge in [-0.3, -0.25) is 0 Å². The topological polar surface area (TPSA) is 21.3 Å². The molecule has 0 aliphatic carbocycles. The zero-order chi connectivity index (χ0) is 11.2. The van der Waals surface area contributed by atoms with Gasteiger partial charge in [-0.15, -0.1) is 0 Å². The van der Waals surface area contributed by atoms with E-state index in [1.165, 1.54) is 24.0 Å². The summed E-state index contributed by atoms with van der Waals surface area (Å²) >= 11 is 0. The molecule has 0 amide bonds. The summed E-state index contributed by atoms with van der Waals surface area (Å²) in [6.45, 7) is 2.90. The molecule has 2 rings (SSSR count). The molecule has 0 saturated carbocycles. The lowest BCUT2D eigenvalue weighted by molar-refractivity contribution is 0.0853. The van der Waals surface area contributed by atoms with E-state index < -0.39 is 0 Å². The van der Waals surface area contributed by atoms with Gasteiger partial charge in [-0.2, -0.15) is 0 Å². The lowest BCUT2D eigenvalue weighted by Crippen LogP contribution is -2.14. The second kappa shape index (κ2) is 6.02. The minimum absolute atomic E-state index is 0.715. The van der Waals surface area contributed by atoms with Crippen LogP contribution in [0.4, 0.5) is 0 Å². The Bertz CT molecular complexity index is 301. The third kappa shape index (κ3) is 3.06. The number of rotatable bonds is 4. The van der Waals surface area contributed by atoms with E-state index in [0.717, 1.165) is 26.2 Å². The maximum Gasteiger partial charge on any atom is 0.0471 e. The summed E-state index contributed by atoms with van der Waals surface area (Å²) in [5, 5.41) is 3.18. The standard InChI is InChI=1S/C14H21NO/c1-15-9-6-12-2-4-13(5-3-12)14-7-10-16-11-8-14/h2-5,14-15H,6-11H2,1H3. The summed E-state index contributed by atoms with van der Waals surface area (Å²) in [6.07, 6.45) is 3.47. The summed E-state index contributed by atoms with van der Waals surface area (Å²) in [7, 11) is 2.00. The van der Waals surface area contributed by atoms with Gasteiger partial charge in [0.1, 0.15) is 0 Å². The second-order valence-corrected chi connectivity index (χ2v) is 4.48. The van der Waals surface area contributed by atoms with Crippen LogP contribution in [-0.2, 0) is 11.2 Å². The maximum atomic E-state index is 5.39. The summed E-state index contributed by atoms with van der Waals surface area (Å²) < 4.78 is 5.39. The number of benzene rings is 1. The van der Waals surface area contributed by atoms with Gasteiger partial charge >= 0.3 is 0 Å². The lowest BCUT2D eigenvalue weighted by Gasteiger charge is -2.22. The third-order valence-corrected chi connectivity index (χ3v) is 3.34. The molecule has 1 aromatic rings. The molecule has 0 bridgehead atoms. The fraction of sp³-hybridized carbons (Fsp3) is 0.571. The molecule has 1 aliphatic rings. The first kappa shape index (κ1) is 11.6. The Morgan fingerprint density at radius 2 is 1.88 bits per heavy atom. The van der Waals surface area contributed by atoms with Gasteiger partial charge in [0.15, 0.2) is 0 Å². The van der Waals surface area contributed by atoms with Crippen LogP contribution in [0.25, 0.3) is 0 Å². The number of likely N-dealkylation sites (N-methyl/N-ethyl adjacent to an activating group) is 1. The lowest BCUT2D eigenvalue weighted by atomic mass is 9.91. The van der Waals surface area contributed by atoms with Crippen molar-refractivity contribution >= 4 is 0 Å². The van der Waals surface area contributed by atoms with Crippen LogP contribution in [0.2, 0.25) is 0 Å². The molecule has 0 radical (unpaired) electrons. The Labute approximate surface area is 98.0 Å². The maximum absolute atomic E-state index is 5.39. The number of nitrogens with one attached hydrogen (secondary N) is 1. The van der Waals surface area contributed by atoms with E-state index in [1.807, 2.05) is 7.05 Å². The highest BCUT2D eigenvalue weighted by Gasteiger charge is 2.15. The van der Waals surface area contributed by atoms with Gasteiger partial charge in [-0.25, -0.2) is 0 Å². The molecule has 0 unspecified atom stereocenters. The minimum atomic E-state index is 0.715. The van der Waals surface area contributed by atoms with E-state index in [2.05, 4.69) is 29.6 Å². The van der Waals surface area contributed by atoms with Crippen molar-refractivity contribution in [2.75, 3.05) is 26.8 Å². The average Bonchev–Trinajstić information content (AvgIpc) is 2.38. The molecule has 2 heteroatoms. The van der Waals surface area contributed by atoms with Crippen LogP contribution in [-0.4, -0.2) is 26.8 Å². The molecule has 1 aliphatic heterocycles. The van der Waals surface area contributed by atoms with Crippen LogP contribution in [0, 0.1) is 0 Å². The largest absolute Gasteiger partial charge is 0.381 e. The van der Waals surface area contributed by atoms with Crippen molar-refractivity contribution in [3.63, 3.8) is 0 Å². The predicted molar refractivity (Wildman–Crippen MR) is 66.9 cm³/mol. The third-order valence-electron chi connectivity index (χ3n) is 3.34. The van der Waals surface area contributed by atoms with Gasteiger partial charge in [0.25, 0.3) is 0 Å². The minimum Gasteiger partial charge on any atom is -0.381 e. The fourth-order valence-corrected chi connectivity index (χ4v) is 2.26. The molecule has 88 valence electrons. The number of hydrogen-bond donors (Lipinski definition) is 1. The summed E-state index contributed by atoms with van der Waals surface area (Å²) in [6, 6.07) is 9.12. The van der Waals surface area contributed by atoms with E-state index in [-0.39, 0.29) is 0 Å². The van der Waals surface area contributed by atoms with E-state index in [4.69, 9.17) is 4.74 Å². The van der Waals surface area contributed by atoms with Crippen LogP contribution in [0.1, 0.15) is 29.9 Å². The molecule has 0 aromatic heterocycles. The molecule has 16 heavy (non-hydrogen) atoms. The quantitative estimate of drug-likeness (QED) is 0.839. The first-order valence-corrected chi connectivity index (χ1v) is 6.21.